The molecule has 4 nitrogen and oxygen atoms in total. The lowest BCUT2D eigenvalue weighted by Crippen LogP contribution is -2.33. The molecule has 1 aliphatic heterocycles. The fourth-order valence-corrected chi connectivity index (χ4v) is 3.52. The van der Waals surface area contributed by atoms with E-state index in [1.165, 1.54) is 15.7 Å². The molecular formula is C17H17NO3S. The summed E-state index contributed by atoms with van der Waals surface area (Å²) < 4.78 is 4.79. The smallest absolute Gasteiger partial charge is 0.416 e. The van der Waals surface area contributed by atoms with E-state index in [4.69, 9.17) is 4.74 Å². The number of benzene rings is 2. The Balaban J connectivity index is 1.64. The van der Waals surface area contributed by atoms with E-state index in [2.05, 4.69) is 30.3 Å². The maximum Gasteiger partial charge on any atom is 0.416 e. The molecule has 2 aromatic carbocycles. The highest BCUT2D eigenvalue weighted by Crippen LogP contribution is 2.28. The van der Waals surface area contributed by atoms with Crippen LogP contribution in [0.2, 0.25) is 0 Å². The fourth-order valence-electron chi connectivity index (χ4n) is 2.49. The number of rotatable bonds is 4. The number of ether oxygens (including phenoxy) is 1. The quantitative estimate of drug-likeness (QED) is 0.807. The molecule has 2 aromatic rings. The molecule has 0 spiro atoms. The molecule has 1 heterocycles. The predicted octanol–water partition coefficient (Wildman–Crippen LogP) is 3.69. The number of carbonyl (C=O) groups is 2. The Hall–Kier alpha value is -2.01. The third-order valence-corrected chi connectivity index (χ3v) is 4.68. The molecule has 1 aliphatic rings. The summed E-state index contributed by atoms with van der Waals surface area (Å²) in [5.41, 5.74) is 0. The highest BCUT2D eigenvalue weighted by molar-refractivity contribution is 8.00. The van der Waals surface area contributed by atoms with E-state index in [1.54, 1.807) is 11.8 Å². The molecule has 1 saturated heterocycles. The van der Waals surface area contributed by atoms with Gasteiger partial charge in [-0.25, -0.2) is 9.69 Å². The van der Waals surface area contributed by atoms with Crippen LogP contribution in [0.1, 0.15) is 13.3 Å². The molecule has 1 fully saturated rings. The second-order valence-corrected chi connectivity index (χ2v) is 6.81. The van der Waals surface area contributed by atoms with Crippen molar-refractivity contribution < 1.29 is 14.3 Å². The van der Waals surface area contributed by atoms with Gasteiger partial charge in [0.2, 0.25) is 5.91 Å². The van der Waals surface area contributed by atoms with Gasteiger partial charge >= 0.3 is 6.09 Å². The molecule has 0 aliphatic carbocycles. The highest BCUT2D eigenvalue weighted by atomic mass is 32.2. The van der Waals surface area contributed by atoms with Crippen LogP contribution in [-0.2, 0) is 9.53 Å². The summed E-state index contributed by atoms with van der Waals surface area (Å²) in [6, 6.07) is 14.5. The maximum atomic E-state index is 12.1. The Morgan fingerprint density at radius 1 is 1.27 bits per heavy atom. The van der Waals surface area contributed by atoms with E-state index < -0.39 is 6.09 Å². The molecule has 5 heteroatoms. The zero-order valence-electron chi connectivity index (χ0n) is 12.3. The minimum absolute atomic E-state index is 0.0991. The zero-order valence-corrected chi connectivity index (χ0v) is 13.1. The van der Waals surface area contributed by atoms with Gasteiger partial charge in [-0.3, -0.25) is 4.79 Å². The molecule has 0 saturated carbocycles. The van der Waals surface area contributed by atoms with Crippen LogP contribution < -0.4 is 0 Å². The summed E-state index contributed by atoms with van der Waals surface area (Å²) in [5, 5.41) is 2.49. The van der Waals surface area contributed by atoms with Crippen LogP contribution in [0.4, 0.5) is 4.79 Å². The Morgan fingerprint density at radius 3 is 2.77 bits per heavy atom. The van der Waals surface area contributed by atoms with Crippen LogP contribution in [0.5, 0.6) is 0 Å². The van der Waals surface area contributed by atoms with Gasteiger partial charge in [0.25, 0.3) is 0 Å². The third-order valence-electron chi connectivity index (χ3n) is 3.58. The minimum atomic E-state index is -0.520. The summed E-state index contributed by atoms with van der Waals surface area (Å²) in [6.45, 7) is 2.67. The fraction of sp³-hybridized carbons (Fsp3) is 0.294. The van der Waals surface area contributed by atoms with Crippen LogP contribution in [0, 0.1) is 0 Å². The molecule has 0 radical (unpaired) electrons. The van der Waals surface area contributed by atoms with Crippen LogP contribution in [0.15, 0.2) is 47.4 Å². The van der Waals surface area contributed by atoms with Gasteiger partial charge in [0.15, 0.2) is 0 Å². The second-order valence-electron chi connectivity index (χ2n) is 5.30. The van der Waals surface area contributed by atoms with Crippen molar-refractivity contribution in [2.75, 3.05) is 13.2 Å². The summed E-state index contributed by atoms with van der Waals surface area (Å²) in [5.74, 6) is -0.164. The lowest BCUT2D eigenvalue weighted by Gasteiger charge is -2.15. The van der Waals surface area contributed by atoms with Gasteiger partial charge in [0, 0.05) is 16.6 Å². The van der Waals surface area contributed by atoms with Crippen molar-refractivity contribution in [1.82, 2.24) is 4.90 Å². The number of amides is 2. The monoisotopic (exact) mass is 315 g/mol. The van der Waals surface area contributed by atoms with E-state index in [9.17, 15) is 9.59 Å². The SMILES string of the molecule is C[C@@H](CC(=O)N1CCOC1=O)Sc1ccc2ccccc2c1. The van der Waals surface area contributed by atoms with Crippen molar-refractivity contribution >= 4 is 34.5 Å². The van der Waals surface area contributed by atoms with E-state index in [0.717, 1.165) is 4.90 Å². The van der Waals surface area contributed by atoms with E-state index in [0.29, 0.717) is 19.6 Å². The number of fused-ring (bicyclic) bond motifs is 1. The van der Waals surface area contributed by atoms with Crippen molar-refractivity contribution in [2.45, 2.75) is 23.5 Å². The lowest BCUT2D eigenvalue weighted by molar-refractivity contribution is -0.127. The Labute approximate surface area is 133 Å². The molecule has 0 bridgehead atoms. The number of hydrogen-bond donors (Lipinski definition) is 0. The zero-order chi connectivity index (χ0) is 15.5. The normalized spacial score (nSPS) is 15.9. The standard InChI is InChI=1S/C17H17NO3S/c1-12(10-16(19)18-8-9-21-17(18)20)22-15-7-6-13-4-2-3-5-14(13)11-15/h2-7,11-12H,8-10H2,1H3/t12-/m0/s1. The van der Waals surface area contributed by atoms with Gasteiger partial charge in [-0.15, -0.1) is 11.8 Å². The number of hydrogen-bond acceptors (Lipinski definition) is 4. The van der Waals surface area contributed by atoms with Crippen LogP contribution in [0.25, 0.3) is 10.8 Å². The average molecular weight is 315 g/mol. The molecule has 22 heavy (non-hydrogen) atoms. The Morgan fingerprint density at radius 2 is 2.05 bits per heavy atom. The molecule has 1 atom stereocenters. The number of nitrogens with zero attached hydrogens (tertiary/aromatic N) is 1. The van der Waals surface area contributed by atoms with Crippen LogP contribution in [-0.4, -0.2) is 35.3 Å². The molecule has 114 valence electrons. The number of thioether (sulfide) groups is 1. The Kier molecular flexibility index (Phi) is 4.34. The first kappa shape index (κ1) is 14.9. The van der Waals surface area contributed by atoms with E-state index in [-0.39, 0.29) is 11.2 Å². The maximum absolute atomic E-state index is 12.1. The van der Waals surface area contributed by atoms with Crippen molar-refractivity contribution in [3.63, 3.8) is 0 Å². The van der Waals surface area contributed by atoms with Gasteiger partial charge in [-0.05, 0) is 22.9 Å². The van der Waals surface area contributed by atoms with Crippen molar-refractivity contribution in [3.8, 4) is 0 Å². The Bertz CT molecular complexity index is 716. The third kappa shape index (κ3) is 3.25. The topological polar surface area (TPSA) is 46.6 Å². The van der Waals surface area contributed by atoms with Gasteiger partial charge in [0.1, 0.15) is 6.61 Å². The summed E-state index contributed by atoms with van der Waals surface area (Å²) >= 11 is 1.65. The summed E-state index contributed by atoms with van der Waals surface area (Å²) in [6.07, 6.45) is -0.194. The van der Waals surface area contributed by atoms with Gasteiger partial charge in [0.05, 0.1) is 6.54 Å². The van der Waals surface area contributed by atoms with Gasteiger partial charge < -0.3 is 4.74 Å². The summed E-state index contributed by atoms with van der Waals surface area (Å²) in [4.78, 5) is 25.8. The predicted molar refractivity (Wildman–Crippen MR) is 86.9 cm³/mol. The molecule has 2 amide bonds. The summed E-state index contributed by atoms with van der Waals surface area (Å²) in [7, 11) is 0. The largest absolute Gasteiger partial charge is 0.447 e. The van der Waals surface area contributed by atoms with Crippen LogP contribution >= 0.6 is 11.8 Å². The number of imide groups is 1. The van der Waals surface area contributed by atoms with Gasteiger partial charge in [-0.1, -0.05) is 37.3 Å². The van der Waals surface area contributed by atoms with Crippen molar-refractivity contribution in [2.24, 2.45) is 0 Å². The highest BCUT2D eigenvalue weighted by Gasteiger charge is 2.29. The van der Waals surface area contributed by atoms with E-state index in [1.807, 2.05) is 19.1 Å². The van der Waals surface area contributed by atoms with E-state index >= 15 is 0 Å². The number of carbonyl (C=O) groups excluding carboxylic acids is 2. The lowest BCUT2D eigenvalue weighted by atomic mass is 10.1. The molecule has 0 N–H and O–H groups in total. The van der Waals surface area contributed by atoms with Crippen LogP contribution in [0.3, 0.4) is 0 Å². The molecule has 3 rings (SSSR count). The van der Waals surface area contributed by atoms with Crippen molar-refractivity contribution in [1.29, 1.82) is 0 Å². The minimum Gasteiger partial charge on any atom is -0.447 e. The first-order valence-corrected chi connectivity index (χ1v) is 8.14. The molecular weight excluding hydrogens is 298 g/mol. The average Bonchev–Trinajstić information content (AvgIpc) is 2.93. The first-order chi connectivity index (χ1) is 10.6. The molecule has 0 unspecified atom stereocenters. The van der Waals surface area contributed by atoms with Crippen molar-refractivity contribution in [3.05, 3.63) is 42.5 Å². The molecule has 0 aromatic heterocycles. The number of cyclic esters (lactones) is 1. The first-order valence-electron chi connectivity index (χ1n) is 7.26. The van der Waals surface area contributed by atoms with Gasteiger partial charge in [-0.2, -0.15) is 0 Å². The second kappa shape index (κ2) is 6.40.